The van der Waals surface area contributed by atoms with E-state index >= 15 is 0 Å². The highest BCUT2D eigenvalue weighted by Crippen LogP contribution is 2.29. The number of thiophene rings is 1. The molecule has 1 N–H and O–H groups in total. The molecule has 1 aromatic heterocycles. The van der Waals surface area contributed by atoms with Crippen molar-refractivity contribution in [1.82, 2.24) is 4.90 Å². The zero-order valence-electron chi connectivity index (χ0n) is 11.3. The van der Waals surface area contributed by atoms with Crippen molar-refractivity contribution in [3.8, 4) is 0 Å². The van der Waals surface area contributed by atoms with Gasteiger partial charge in [-0.25, -0.2) is 0 Å². The average Bonchev–Trinajstić information content (AvgIpc) is 2.91. The first-order valence-corrected chi connectivity index (χ1v) is 7.41. The van der Waals surface area contributed by atoms with Crippen molar-refractivity contribution < 1.29 is 9.90 Å². The molecular formula is C14H21NO2S. The van der Waals surface area contributed by atoms with Crippen molar-refractivity contribution >= 4 is 17.2 Å². The van der Waals surface area contributed by atoms with Gasteiger partial charge < -0.3 is 10.0 Å². The maximum absolute atomic E-state index is 12.5. The molecule has 2 rings (SSSR count). The zero-order chi connectivity index (χ0) is 13.3. The molecule has 3 nitrogen and oxygen atoms in total. The van der Waals surface area contributed by atoms with Gasteiger partial charge in [0.1, 0.15) is 0 Å². The van der Waals surface area contributed by atoms with Crippen LogP contribution in [0.5, 0.6) is 0 Å². The van der Waals surface area contributed by atoms with Crippen LogP contribution in [0.2, 0.25) is 0 Å². The summed E-state index contributed by atoms with van der Waals surface area (Å²) in [5, 5.41) is 9.42. The van der Waals surface area contributed by atoms with Gasteiger partial charge in [0.25, 0.3) is 5.91 Å². The summed E-state index contributed by atoms with van der Waals surface area (Å²) in [6.45, 7) is 7.11. The molecule has 1 saturated heterocycles. The maximum atomic E-state index is 12.5. The quantitative estimate of drug-likeness (QED) is 0.914. The Morgan fingerprint density at radius 1 is 1.61 bits per heavy atom. The summed E-state index contributed by atoms with van der Waals surface area (Å²) in [6, 6.07) is 1.98. The zero-order valence-corrected chi connectivity index (χ0v) is 12.1. The van der Waals surface area contributed by atoms with Crippen LogP contribution in [-0.4, -0.2) is 35.1 Å². The molecule has 1 aliphatic heterocycles. The molecular weight excluding hydrogens is 246 g/mol. The first kappa shape index (κ1) is 13.6. The first-order chi connectivity index (χ1) is 8.58. The minimum atomic E-state index is -0.00928. The number of amides is 1. The van der Waals surface area contributed by atoms with Crippen molar-refractivity contribution in [2.75, 3.05) is 13.2 Å². The number of aryl methyl sites for hydroxylation is 2. The molecule has 0 bridgehead atoms. The topological polar surface area (TPSA) is 40.5 Å². The number of carbonyl (C=O) groups is 1. The van der Waals surface area contributed by atoms with Crippen LogP contribution >= 0.6 is 11.3 Å². The van der Waals surface area contributed by atoms with Gasteiger partial charge in [-0.1, -0.05) is 13.8 Å². The Bertz CT molecular complexity index is 441. The molecule has 1 aromatic rings. The van der Waals surface area contributed by atoms with Gasteiger partial charge in [0, 0.05) is 11.4 Å². The van der Waals surface area contributed by atoms with E-state index < -0.39 is 0 Å². The summed E-state index contributed by atoms with van der Waals surface area (Å²) in [7, 11) is 0. The van der Waals surface area contributed by atoms with E-state index in [9.17, 15) is 9.90 Å². The minimum Gasteiger partial charge on any atom is -0.394 e. The lowest BCUT2D eigenvalue weighted by molar-refractivity contribution is 0.0653. The average molecular weight is 267 g/mol. The van der Waals surface area contributed by atoms with E-state index in [4.69, 9.17) is 0 Å². The highest BCUT2D eigenvalue weighted by Gasteiger charge is 2.34. The number of rotatable bonds is 3. The van der Waals surface area contributed by atoms with Gasteiger partial charge in [-0.2, -0.15) is 0 Å². The molecule has 2 unspecified atom stereocenters. The molecule has 1 aliphatic rings. The Balaban J connectivity index is 2.20. The molecule has 18 heavy (non-hydrogen) atoms. The Morgan fingerprint density at radius 2 is 2.33 bits per heavy atom. The van der Waals surface area contributed by atoms with Crippen LogP contribution in [0.4, 0.5) is 0 Å². The third-order valence-electron chi connectivity index (χ3n) is 3.88. The van der Waals surface area contributed by atoms with Crippen molar-refractivity contribution in [1.29, 1.82) is 0 Å². The standard InChI is InChI=1S/C14H21NO2S/c1-4-12-10(3)7-13(18-12)14(17)15-6-5-9(2)11(15)8-16/h7,9,11,16H,4-6,8H2,1-3H3. The number of hydrogen-bond acceptors (Lipinski definition) is 3. The van der Waals surface area contributed by atoms with E-state index in [0.29, 0.717) is 5.92 Å². The predicted molar refractivity (Wildman–Crippen MR) is 74.1 cm³/mol. The number of carbonyl (C=O) groups excluding carboxylic acids is 1. The van der Waals surface area contributed by atoms with Gasteiger partial charge in [0.15, 0.2) is 0 Å². The fraction of sp³-hybridized carbons (Fsp3) is 0.643. The van der Waals surface area contributed by atoms with E-state index in [1.807, 2.05) is 11.0 Å². The summed E-state index contributed by atoms with van der Waals surface area (Å²) >= 11 is 1.60. The fourth-order valence-electron chi connectivity index (χ4n) is 2.66. The lowest BCUT2D eigenvalue weighted by Crippen LogP contribution is -2.39. The third kappa shape index (κ3) is 2.31. The Morgan fingerprint density at radius 3 is 2.89 bits per heavy atom. The second-order valence-corrected chi connectivity index (χ2v) is 6.22. The number of aliphatic hydroxyl groups excluding tert-OH is 1. The van der Waals surface area contributed by atoms with Gasteiger partial charge in [-0.05, 0) is 37.3 Å². The molecule has 0 saturated carbocycles. The highest BCUT2D eigenvalue weighted by atomic mass is 32.1. The minimum absolute atomic E-state index is 0.00928. The molecule has 1 amide bonds. The van der Waals surface area contributed by atoms with Crippen molar-refractivity contribution in [3.05, 3.63) is 21.4 Å². The molecule has 0 aliphatic carbocycles. The fourth-order valence-corrected chi connectivity index (χ4v) is 3.73. The summed E-state index contributed by atoms with van der Waals surface area (Å²) < 4.78 is 0. The normalized spacial score (nSPS) is 23.7. The maximum Gasteiger partial charge on any atom is 0.264 e. The second-order valence-electron chi connectivity index (χ2n) is 5.08. The van der Waals surface area contributed by atoms with Gasteiger partial charge in [0.2, 0.25) is 0 Å². The van der Waals surface area contributed by atoms with Crippen LogP contribution in [0.1, 0.15) is 40.4 Å². The largest absolute Gasteiger partial charge is 0.394 e. The van der Waals surface area contributed by atoms with Crippen LogP contribution in [0, 0.1) is 12.8 Å². The van der Waals surface area contributed by atoms with Crippen LogP contribution in [0.15, 0.2) is 6.07 Å². The summed E-state index contributed by atoms with van der Waals surface area (Å²) in [5.41, 5.74) is 1.21. The van der Waals surface area contributed by atoms with Crippen molar-refractivity contribution in [3.63, 3.8) is 0 Å². The summed E-state index contributed by atoms with van der Waals surface area (Å²) in [5.74, 6) is 0.483. The molecule has 1 fully saturated rings. The first-order valence-electron chi connectivity index (χ1n) is 6.59. The smallest absolute Gasteiger partial charge is 0.264 e. The van der Waals surface area contributed by atoms with Gasteiger partial charge >= 0.3 is 0 Å². The van der Waals surface area contributed by atoms with Crippen LogP contribution < -0.4 is 0 Å². The Labute approximate surface area is 112 Å². The SMILES string of the molecule is CCc1sc(C(=O)N2CCC(C)C2CO)cc1C. The van der Waals surface area contributed by atoms with Gasteiger partial charge in [0.05, 0.1) is 17.5 Å². The second kappa shape index (κ2) is 5.41. The molecule has 0 radical (unpaired) electrons. The van der Waals surface area contributed by atoms with Crippen molar-refractivity contribution in [2.45, 2.75) is 39.7 Å². The lowest BCUT2D eigenvalue weighted by atomic mass is 10.0. The Kier molecular flexibility index (Phi) is 4.07. The molecule has 2 heterocycles. The van der Waals surface area contributed by atoms with Gasteiger partial charge in [-0.15, -0.1) is 11.3 Å². The predicted octanol–water partition coefficient (Wildman–Crippen LogP) is 2.46. The van der Waals surface area contributed by atoms with Crippen LogP contribution in [0.25, 0.3) is 0 Å². The number of nitrogens with zero attached hydrogens (tertiary/aromatic N) is 1. The van der Waals surface area contributed by atoms with Crippen molar-refractivity contribution in [2.24, 2.45) is 5.92 Å². The Hall–Kier alpha value is -0.870. The summed E-state index contributed by atoms with van der Waals surface area (Å²) in [6.07, 6.45) is 1.96. The van der Waals surface area contributed by atoms with E-state index in [0.717, 1.165) is 24.3 Å². The van der Waals surface area contributed by atoms with E-state index in [1.54, 1.807) is 11.3 Å². The number of likely N-dealkylation sites (tertiary alicyclic amines) is 1. The highest BCUT2D eigenvalue weighted by molar-refractivity contribution is 7.14. The van der Waals surface area contributed by atoms with Gasteiger partial charge in [-0.3, -0.25) is 4.79 Å². The van der Waals surface area contributed by atoms with Crippen LogP contribution in [-0.2, 0) is 6.42 Å². The lowest BCUT2D eigenvalue weighted by Gasteiger charge is -2.24. The number of hydrogen-bond donors (Lipinski definition) is 1. The molecule has 4 heteroatoms. The van der Waals surface area contributed by atoms with E-state index in [-0.39, 0.29) is 18.6 Å². The molecule has 0 spiro atoms. The van der Waals surface area contributed by atoms with E-state index in [2.05, 4.69) is 20.8 Å². The molecule has 100 valence electrons. The van der Waals surface area contributed by atoms with Crippen LogP contribution in [0.3, 0.4) is 0 Å². The molecule has 0 aromatic carbocycles. The number of aliphatic hydroxyl groups is 1. The monoisotopic (exact) mass is 267 g/mol. The molecule has 2 atom stereocenters. The van der Waals surface area contributed by atoms with E-state index in [1.165, 1.54) is 10.4 Å². The third-order valence-corrected chi connectivity index (χ3v) is 5.25. The summed E-state index contributed by atoms with van der Waals surface area (Å²) in [4.78, 5) is 16.4.